The molecule has 1 N–H and O–H groups in total. The number of nitrogens with one attached hydrogen (secondary N) is 1. The Morgan fingerprint density at radius 3 is 2.80 bits per heavy atom. The summed E-state index contributed by atoms with van der Waals surface area (Å²) >= 11 is 0. The highest BCUT2D eigenvalue weighted by Gasteiger charge is 2.31. The highest BCUT2D eigenvalue weighted by atomic mass is 16.2. The predicted molar refractivity (Wildman–Crippen MR) is 95.5 cm³/mol. The van der Waals surface area contributed by atoms with Crippen LogP contribution in [0.15, 0.2) is 24.3 Å². The molecule has 1 aliphatic heterocycles. The number of rotatable bonds is 3. The Morgan fingerprint density at radius 2 is 2.00 bits per heavy atom. The summed E-state index contributed by atoms with van der Waals surface area (Å²) < 4.78 is 1.95. The van der Waals surface area contributed by atoms with Gasteiger partial charge in [0.25, 0.3) is 5.91 Å². The van der Waals surface area contributed by atoms with Crippen LogP contribution in [0, 0.1) is 6.92 Å². The second-order valence-electron chi connectivity index (χ2n) is 7.12. The van der Waals surface area contributed by atoms with Gasteiger partial charge in [-0.3, -0.25) is 4.79 Å². The van der Waals surface area contributed by atoms with E-state index in [9.17, 15) is 4.79 Å². The Morgan fingerprint density at radius 1 is 1.24 bits per heavy atom. The van der Waals surface area contributed by atoms with Crippen molar-refractivity contribution in [2.75, 3.05) is 20.1 Å². The smallest absolute Gasteiger partial charge is 0.276 e. The first-order chi connectivity index (χ1) is 12.2. The lowest BCUT2D eigenvalue weighted by Gasteiger charge is -2.25. The Hall–Kier alpha value is -2.21. The molecule has 0 radical (unpaired) electrons. The summed E-state index contributed by atoms with van der Waals surface area (Å²) in [7, 11) is 1.89. The molecule has 0 spiro atoms. The number of carbonyl (C=O) groups is 1. The summed E-state index contributed by atoms with van der Waals surface area (Å²) in [5.74, 6) is -0.0283. The number of hydrogen-bond donors (Lipinski definition) is 1. The van der Waals surface area contributed by atoms with Crippen molar-refractivity contribution in [1.82, 2.24) is 25.2 Å². The third kappa shape index (κ3) is 2.84. The molecular formula is C19H25N5O. The summed E-state index contributed by atoms with van der Waals surface area (Å²) in [5.41, 5.74) is 3.99. The molecule has 1 unspecified atom stereocenters. The zero-order valence-corrected chi connectivity index (χ0v) is 14.9. The van der Waals surface area contributed by atoms with E-state index >= 15 is 0 Å². The van der Waals surface area contributed by atoms with Crippen LogP contribution in [0.1, 0.15) is 58.7 Å². The first-order valence-electron chi connectivity index (χ1n) is 9.14. The highest BCUT2D eigenvalue weighted by molar-refractivity contribution is 5.93. The molecule has 25 heavy (non-hydrogen) atoms. The van der Waals surface area contributed by atoms with Crippen LogP contribution in [0.5, 0.6) is 0 Å². The van der Waals surface area contributed by atoms with Crippen LogP contribution >= 0.6 is 0 Å². The molecule has 4 rings (SSSR count). The largest absolute Gasteiger partial charge is 0.333 e. The normalized spacial score (nSPS) is 20.5. The van der Waals surface area contributed by atoms with Gasteiger partial charge in [0.2, 0.25) is 0 Å². The number of hydrogen-bond acceptors (Lipinski definition) is 4. The van der Waals surface area contributed by atoms with E-state index in [1.54, 1.807) is 0 Å². The minimum atomic E-state index is -0.0283. The average Bonchev–Trinajstić information content (AvgIpc) is 3.25. The first kappa shape index (κ1) is 16.3. The molecule has 1 aromatic carbocycles. The third-order valence-corrected chi connectivity index (χ3v) is 5.67. The first-order valence-corrected chi connectivity index (χ1v) is 9.14. The van der Waals surface area contributed by atoms with Gasteiger partial charge in [0.05, 0.1) is 17.8 Å². The lowest BCUT2D eigenvalue weighted by Crippen LogP contribution is -2.32. The summed E-state index contributed by atoms with van der Waals surface area (Å²) in [4.78, 5) is 14.9. The molecular weight excluding hydrogens is 314 g/mol. The van der Waals surface area contributed by atoms with Gasteiger partial charge in [0.1, 0.15) is 0 Å². The van der Waals surface area contributed by atoms with Crippen molar-refractivity contribution in [3.63, 3.8) is 0 Å². The fourth-order valence-electron chi connectivity index (χ4n) is 4.18. The monoisotopic (exact) mass is 339 g/mol. The fourth-order valence-corrected chi connectivity index (χ4v) is 4.18. The minimum absolute atomic E-state index is 0.0283. The van der Waals surface area contributed by atoms with Gasteiger partial charge in [-0.15, -0.1) is 5.10 Å². The lowest BCUT2D eigenvalue weighted by atomic mass is 10.1. The van der Waals surface area contributed by atoms with E-state index in [1.807, 2.05) is 29.6 Å². The molecule has 2 aliphatic rings. The average molecular weight is 339 g/mol. The number of nitrogens with zero attached hydrogens (tertiary/aromatic N) is 4. The molecule has 0 saturated carbocycles. The maximum absolute atomic E-state index is 13.1. The molecule has 1 aliphatic carbocycles. The molecule has 2 aromatic rings. The fraction of sp³-hybridized carbons (Fsp3) is 0.526. The van der Waals surface area contributed by atoms with Crippen molar-refractivity contribution in [2.45, 2.75) is 44.7 Å². The van der Waals surface area contributed by atoms with E-state index in [0.29, 0.717) is 11.7 Å². The van der Waals surface area contributed by atoms with Gasteiger partial charge in [0.15, 0.2) is 5.69 Å². The van der Waals surface area contributed by atoms with Gasteiger partial charge in [-0.05, 0) is 56.8 Å². The maximum atomic E-state index is 13.1. The minimum Gasteiger partial charge on any atom is -0.333 e. The molecule has 132 valence electrons. The zero-order valence-electron chi connectivity index (χ0n) is 14.9. The summed E-state index contributed by atoms with van der Waals surface area (Å²) in [6, 6.07) is 8.88. The second kappa shape index (κ2) is 6.59. The SMILES string of the molecule is Cc1c(C(=O)N(C)C2CCc3ccccc32)nnn1C1CCNCC1. The molecule has 6 heteroatoms. The van der Waals surface area contributed by atoms with Crippen LogP contribution in [-0.2, 0) is 6.42 Å². The number of amides is 1. The molecule has 1 aromatic heterocycles. The standard InChI is InChI=1S/C19H25N5O/c1-13-18(21-22-24(13)15-9-11-20-12-10-15)19(25)23(2)17-8-7-14-5-3-4-6-16(14)17/h3-6,15,17,20H,7-12H2,1-2H3. The number of aromatic nitrogens is 3. The summed E-state index contributed by atoms with van der Waals surface area (Å²) in [6.07, 6.45) is 4.07. The van der Waals surface area contributed by atoms with Crippen LogP contribution in [0.4, 0.5) is 0 Å². The maximum Gasteiger partial charge on any atom is 0.276 e. The summed E-state index contributed by atoms with van der Waals surface area (Å²) in [6.45, 7) is 3.95. The number of fused-ring (bicyclic) bond motifs is 1. The van der Waals surface area contributed by atoms with Crippen molar-refractivity contribution >= 4 is 5.91 Å². The van der Waals surface area contributed by atoms with Crippen molar-refractivity contribution in [2.24, 2.45) is 0 Å². The van der Waals surface area contributed by atoms with E-state index in [0.717, 1.165) is 44.5 Å². The van der Waals surface area contributed by atoms with Crippen molar-refractivity contribution < 1.29 is 4.79 Å². The number of aryl methyl sites for hydroxylation is 1. The topological polar surface area (TPSA) is 63.1 Å². The second-order valence-corrected chi connectivity index (χ2v) is 7.12. The van der Waals surface area contributed by atoms with Gasteiger partial charge < -0.3 is 10.2 Å². The van der Waals surface area contributed by atoms with Crippen molar-refractivity contribution in [1.29, 1.82) is 0 Å². The van der Waals surface area contributed by atoms with Crippen LogP contribution < -0.4 is 5.32 Å². The van der Waals surface area contributed by atoms with E-state index in [1.165, 1.54) is 11.1 Å². The van der Waals surface area contributed by atoms with Gasteiger partial charge in [-0.25, -0.2) is 4.68 Å². The lowest BCUT2D eigenvalue weighted by molar-refractivity contribution is 0.0723. The molecule has 1 amide bonds. The predicted octanol–water partition coefficient (Wildman–Crippen LogP) is 2.27. The highest BCUT2D eigenvalue weighted by Crippen LogP contribution is 2.35. The zero-order chi connectivity index (χ0) is 17.4. The van der Waals surface area contributed by atoms with Crippen LogP contribution in [0.2, 0.25) is 0 Å². The number of carbonyl (C=O) groups excluding carboxylic acids is 1. The van der Waals surface area contributed by atoms with E-state index in [2.05, 4.69) is 33.8 Å². The van der Waals surface area contributed by atoms with Gasteiger partial charge in [-0.1, -0.05) is 29.5 Å². The van der Waals surface area contributed by atoms with E-state index < -0.39 is 0 Å². The molecule has 2 heterocycles. The number of piperidine rings is 1. The number of benzene rings is 1. The Kier molecular flexibility index (Phi) is 4.29. The Balaban J connectivity index is 1.56. The molecule has 1 saturated heterocycles. The van der Waals surface area contributed by atoms with Crippen molar-refractivity contribution in [3.05, 3.63) is 46.8 Å². The third-order valence-electron chi connectivity index (χ3n) is 5.67. The quantitative estimate of drug-likeness (QED) is 0.932. The summed E-state index contributed by atoms with van der Waals surface area (Å²) in [5, 5.41) is 11.9. The van der Waals surface area contributed by atoms with Crippen LogP contribution in [0.25, 0.3) is 0 Å². The Labute approximate surface area is 148 Å². The molecule has 6 nitrogen and oxygen atoms in total. The van der Waals surface area contributed by atoms with E-state index in [-0.39, 0.29) is 11.9 Å². The van der Waals surface area contributed by atoms with Crippen molar-refractivity contribution in [3.8, 4) is 0 Å². The van der Waals surface area contributed by atoms with Crippen LogP contribution in [0.3, 0.4) is 0 Å². The van der Waals surface area contributed by atoms with Gasteiger partial charge in [-0.2, -0.15) is 0 Å². The van der Waals surface area contributed by atoms with Crippen LogP contribution in [-0.4, -0.2) is 45.9 Å². The van der Waals surface area contributed by atoms with Gasteiger partial charge >= 0.3 is 0 Å². The van der Waals surface area contributed by atoms with E-state index in [4.69, 9.17) is 0 Å². The molecule has 1 atom stereocenters. The van der Waals surface area contributed by atoms with Gasteiger partial charge in [0, 0.05) is 7.05 Å². The molecule has 1 fully saturated rings. The Bertz CT molecular complexity index is 778. The molecule has 0 bridgehead atoms.